The van der Waals surface area contributed by atoms with Crippen LogP contribution < -0.4 is 5.73 Å². The molecule has 14 heavy (non-hydrogen) atoms. The van der Waals surface area contributed by atoms with Crippen LogP contribution in [0.4, 0.5) is 4.39 Å². The molecular formula is C12H16FN. The van der Waals surface area contributed by atoms with Gasteiger partial charge in [-0.15, -0.1) is 0 Å². The molecule has 1 nitrogen and oxygen atoms in total. The summed E-state index contributed by atoms with van der Waals surface area (Å²) in [5.74, 6) is 0.223. The maximum absolute atomic E-state index is 12.9. The van der Waals surface area contributed by atoms with E-state index in [1.165, 1.54) is 11.6 Å². The van der Waals surface area contributed by atoms with Crippen molar-refractivity contribution in [1.29, 1.82) is 0 Å². The van der Waals surface area contributed by atoms with Gasteiger partial charge >= 0.3 is 0 Å². The SMILES string of the molecule is Cc1cc(F)ccc1[C@H]1[C@H](N)C1(C)C. The van der Waals surface area contributed by atoms with Crippen LogP contribution in [0.3, 0.4) is 0 Å². The summed E-state index contributed by atoms with van der Waals surface area (Å²) in [6.07, 6.45) is 0. The van der Waals surface area contributed by atoms with Crippen molar-refractivity contribution < 1.29 is 4.39 Å². The molecule has 1 aliphatic rings. The van der Waals surface area contributed by atoms with Crippen molar-refractivity contribution in [3.63, 3.8) is 0 Å². The molecule has 0 heterocycles. The fraction of sp³-hybridized carbons (Fsp3) is 0.500. The van der Waals surface area contributed by atoms with Gasteiger partial charge in [0.25, 0.3) is 0 Å². The van der Waals surface area contributed by atoms with E-state index in [2.05, 4.69) is 13.8 Å². The Morgan fingerprint density at radius 2 is 1.93 bits per heavy atom. The Labute approximate surface area is 84.1 Å². The molecule has 0 bridgehead atoms. The van der Waals surface area contributed by atoms with Crippen molar-refractivity contribution in [2.45, 2.75) is 32.7 Å². The van der Waals surface area contributed by atoms with Crippen LogP contribution in [0.15, 0.2) is 18.2 Å². The fourth-order valence-electron chi connectivity index (χ4n) is 2.26. The zero-order valence-electron chi connectivity index (χ0n) is 8.84. The number of hydrogen-bond donors (Lipinski definition) is 1. The second kappa shape index (κ2) is 2.80. The maximum Gasteiger partial charge on any atom is 0.123 e. The highest BCUT2D eigenvalue weighted by Crippen LogP contribution is 2.57. The third kappa shape index (κ3) is 1.25. The summed E-state index contributed by atoms with van der Waals surface area (Å²) in [6, 6.07) is 5.18. The zero-order chi connectivity index (χ0) is 10.5. The van der Waals surface area contributed by atoms with Crippen molar-refractivity contribution >= 4 is 0 Å². The Morgan fingerprint density at radius 3 is 2.36 bits per heavy atom. The van der Waals surface area contributed by atoms with E-state index in [0.717, 1.165) is 5.56 Å². The van der Waals surface area contributed by atoms with E-state index in [9.17, 15) is 4.39 Å². The molecule has 2 atom stereocenters. The standard InChI is InChI=1S/C12H16FN/c1-7-6-8(13)4-5-9(7)10-11(14)12(10,2)3/h4-6,10-11H,14H2,1-3H3/t10-,11-/m0/s1. The van der Waals surface area contributed by atoms with Crippen molar-refractivity contribution in [2.24, 2.45) is 11.1 Å². The quantitative estimate of drug-likeness (QED) is 0.729. The summed E-state index contributed by atoms with van der Waals surface area (Å²) >= 11 is 0. The lowest BCUT2D eigenvalue weighted by molar-refractivity contribution is 0.596. The van der Waals surface area contributed by atoms with Gasteiger partial charge in [-0.05, 0) is 35.6 Å². The van der Waals surface area contributed by atoms with Crippen LogP contribution in [-0.2, 0) is 0 Å². The van der Waals surface area contributed by atoms with Crippen LogP contribution in [0.25, 0.3) is 0 Å². The molecular weight excluding hydrogens is 177 g/mol. The minimum absolute atomic E-state index is 0.168. The summed E-state index contributed by atoms with van der Waals surface area (Å²) in [4.78, 5) is 0. The minimum atomic E-state index is -0.168. The van der Waals surface area contributed by atoms with E-state index < -0.39 is 0 Å². The number of nitrogens with two attached hydrogens (primary N) is 1. The largest absolute Gasteiger partial charge is 0.327 e. The molecule has 0 amide bonds. The lowest BCUT2D eigenvalue weighted by Gasteiger charge is -2.06. The van der Waals surface area contributed by atoms with Crippen LogP contribution >= 0.6 is 0 Å². The second-order valence-corrected chi connectivity index (χ2v) is 4.83. The first-order valence-corrected chi connectivity index (χ1v) is 4.96. The van der Waals surface area contributed by atoms with Crippen molar-refractivity contribution in [3.8, 4) is 0 Å². The minimum Gasteiger partial charge on any atom is -0.327 e. The molecule has 0 aliphatic heterocycles. The van der Waals surface area contributed by atoms with Crippen molar-refractivity contribution in [1.82, 2.24) is 0 Å². The third-order valence-corrected chi connectivity index (χ3v) is 3.48. The lowest BCUT2D eigenvalue weighted by atomic mass is 9.99. The van der Waals surface area contributed by atoms with Gasteiger partial charge in [-0.2, -0.15) is 0 Å². The van der Waals surface area contributed by atoms with Gasteiger partial charge < -0.3 is 5.73 Å². The Balaban J connectivity index is 2.36. The normalized spacial score (nSPS) is 28.9. The molecule has 1 aromatic rings. The summed E-state index contributed by atoms with van der Waals surface area (Å²) in [5.41, 5.74) is 8.37. The molecule has 1 fully saturated rings. The van der Waals surface area contributed by atoms with E-state index in [4.69, 9.17) is 5.73 Å². The Kier molecular flexibility index (Phi) is 1.93. The van der Waals surface area contributed by atoms with Gasteiger partial charge in [0, 0.05) is 12.0 Å². The molecule has 0 aromatic heterocycles. The highest BCUT2D eigenvalue weighted by Gasteiger charge is 2.56. The summed E-state index contributed by atoms with van der Waals surface area (Å²) in [7, 11) is 0. The topological polar surface area (TPSA) is 26.0 Å². The first-order chi connectivity index (χ1) is 6.44. The average Bonchev–Trinajstić information content (AvgIpc) is 2.54. The van der Waals surface area contributed by atoms with E-state index in [1.54, 1.807) is 6.07 Å². The Hall–Kier alpha value is -0.890. The molecule has 0 unspecified atom stereocenters. The number of hydrogen-bond acceptors (Lipinski definition) is 1. The molecule has 2 rings (SSSR count). The van der Waals surface area contributed by atoms with Crippen LogP contribution in [0, 0.1) is 18.2 Å². The van der Waals surface area contributed by atoms with Gasteiger partial charge in [0.15, 0.2) is 0 Å². The van der Waals surface area contributed by atoms with Crippen LogP contribution in [0.1, 0.15) is 30.9 Å². The highest BCUT2D eigenvalue weighted by atomic mass is 19.1. The molecule has 2 N–H and O–H groups in total. The molecule has 1 aromatic carbocycles. The average molecular weight is 193 g/mol. The number of rotatable bonds is 1. The fourth-order valence-corrected chi connectivity index (χ4v) is 2.26. The smallest absolute Gasteiger partial charge is 0.123 e. The third-order valence-electron chi connectivity index (χ3n) is 3.48. The zero-order valence-corrected chi connectivity index (χ0v) is 8.84. The molecule has 2 heteroatoms. The van der Waals surface area contributed by atoms with Crippen molar-refractivity contribution in [3.05, 3.63) is 35.1 Å². The molecule has 1 saturated carbocycles. The molecule has 0 radical (unpaired) electrons. The Bertz CT molecular complexity index is 371. The highest BCUT2D eigenvalue weighted by molar-refractivity contribution is 5.39. The Morgan fingerprint density at radius 1 is 1.36 bits per heavy atom. The number of aryl methyl sites for hydroxylation is 1. The van der Waals surface area contributed by atoms with E-state index in [-0.39, 0.29) is 17.3 Å². The molecule has 0 spiro atoms. The van der Waals surface area contributed by atoms with E-state index in [1.807, 2.05) is 13.0 Å². The second-order valence-electron chi connectivity index (χ2n) is 4.83. The number of benzene rings is 1. The van der Waals surface area contributed by atoms with Crippen LogP contribution in [-0.4, -0.2) is 6.04 Å². The molecule has 1 aliphatic carbocycles. The monoisotopic (exact) mass is 193 g/mol. The van der Waals surface area contributed by atoms with Gasteiger partial charge in [-0.25, -0.2) is 4.39 Å². The van der Waals surface area contributed by atoms with Gasteiger partial charge in [0.05, 0.1) is 0 Å². The molecule has 0 saturated heterocycles. The van der Waals surface area contributed by atoms with Gasteiger partial charge in [0.2, 0.25) is 0 Å². The van der Waals surface area contributed by atoms with Gasteiger partial charge in [-0.1, -0.05) is 19.9 Å². The maximum atomic E-state index is 12.9. The van der Waals surface area contributed by atoms with Crippen molar-refractivity contribution in [2.75, 3.05) is 0 Å². The van der Waals surface area contributed by atoms with Crippen LogP contribution in [0.5, 0.6) is 0 Å². The summed E-state index contributed by atoms with van der Waals surface area (Å²) < 4.78 is 12.9. The summed E-state index contributed by atoms with van der Waals surface area (Å²) in [5, 5.41) is 0. The molecule has 76 valence electrons. The predicted molar refractivity (Wildman–Crippen MR) is 55.6 cm³/mol. The lowest BCUT2D eigenvalue weighted by Crippen LogP contribution is -2.06. The van der Waals surface area contributed by atoms with Crippen LogP contribution in [0.2, 0.25) is 0 Å². The van der Waals surface area contributed by atoms with E-state index in [0.29, 0.717) is 5.92 Å². The first kappa shape index (κ1) is 9.66. The van der Waals surface area contributed by atoms with Gasteiger partial charge in [-0.3, -0.25) is 0 Å². The first-order valence-electron chi connectivity index (χ1n) is 4.96. The van der Waals surface area contributed by atoms with Gasteiger partial charge in [0.1, 0.15) is 5.82 Å². The predicted octanol–water partition coefficient (Wildman–Crippen LogP) is 2.58. The van der Waals surface area contributed by atoms with E-state index >= 15 is 0 Å². The summed E-state index contributed by atoms with van der Waals surface area (Å²) in [6.45, 7) is 6.26. The number of halogens is 1.